The van der Waals surface area contributed by atoms with Crippen LogP contribution in [0.1, 0.15) is 24.2 Å². The van der Waals surface area contributed by atoms with E-state index in [4.69, 9.17) is 40.2 Å². The number of benzene rings is 2. The van der Waals surface area contributed by atoms with Crippen LogP contribution in [0.15, 0.2) is 42.5 Å². The maximum Gasteiger partial charge on any atom is 0.258 e. The van der Waals surface area contributed by atoms with E-state index in [0.29, 0.717) is 23.1 Å². The minimum absolute atomic E-state index is 0.173. The average Bonchev–Trinajstić information content (AvgIpc) is 2.53. The van der Waals surface area contributed by atoms with Gasteiger partial charge in [0.1, 0.15) is 5.75 Å². The van der Waals surface area contributed by atoms with Crippen molar-refractivity contribution in [1.29, 1.82) is 0 Å². The van der Waals surface area contributed by atoms with Gasteiger partial charge in [0, 0.05) is 10.7 Å². The molecule has 0 aromatic heterocycles. The summed E-state index contributed by atoms with van der Waals surface area (Å²) in [4.78, 5) is 12.2. The molecule has 2 aromatic carbocycles. The van der Waals surface area contributed by atoms with Gasteiger partial charge in [-0.3, -0.25) is 10.1 Å². The molecule has 0 saturated heterocycles. The molecule has 132 valence electrons. The Hall–Kier alpha value is -1.82. The lowest BCUT2D eigenvalue weighted by Gasteiger charge is -2.12. The number of anilines is 1. The summed E-state index contributed by atoms with van der Waals surface area (Å²) in [6.07, 6.45) is 0. The molecule has 0 bridgehead atoms. The van der Waals surface area contributed by atoms with Gasteiger partial charge < -0.3 is 10.1 Å². The van der Waals surface area contributed by atoms with Gasteiger partial charge in [-0.1, -0.05) is 37.0 Å². The SMILES string of the molecule is CC(C)COc1ccc(NC(=S)NC(=O)c2ccc(Cl)cc2Cl)cc1. The number of hydrogen-bond donors (Lipinski definition) is 2. The summed E-state index contributed by atoms with van der Waals surface area (Å²) in [6, 6.07) is 12.0. The summed E-state index contributed by atoms with van der Waals surface area (Å²) >= 11 is 17.0. The Morgan fingerprint density at radius 3 is 2.44 bits per heavy atom. The summed E-state index contributed by atoms with van der Waals surface area (Å²) < 4.78 is 5.62. The predicted molar refractivity (Wildman–Crippen MR) is 107 cm³/mol. The number of amides is 1. The van der Waals surface area contributed by atoms with Gasteiger partial charge in [0.25, 0.3) is 5.91 Å². The Kier molecular flexibility index (Phi) is 7.05. The Labute approximate surface area is 162 Å². The van der Waals surface area contributed by atoms with Crippen molar-refractivity contribution >= 4 is 52.1 Å². The Bertz CT molecular complexity index is 764. The molecule has 0 atom stereocenters. The quantitative estimate of drug-likeness (QED) is 0.685. The smallest absolute Gasteiger partial charge is 0.258 e. The first-order chi connectivity index (χ1) is 11.8. The third-order valence-corrected chi connectivity index (χ3v) is 3.85. The summed E-state index contributed by atoms with van der Waals surface area (Å²) in [6.45, 7) is 4.83. The van der Waals surface area contributed by atoms with Crippen LogP contribution < -0.4 is 15.4 Å². The first-order valence-corrected chi connectivity index (χ1v) is 8.82. The zero-order chi connectivity index (χ0) is 18.4. The van der Waals surface area contributed by atoms with Gasteiger partial charge >= 0.3 is 0 Å². The molecule has 7 heteroatoms. The van der Waals surface area contributed by atoms with Crippen molar-refractivity contribution in [2.75, 3.05) is 11.9 Å². The van der Waals surface area contributed by atoms with Crippen molar-refractivity contribution in [3.8, 4) is 5.75 Å². The fourth-order valence-corrected chi connectivity index (χ4v) is 2.61. The molecule has 2 N–H and O–H groups in total. The van der Waals surface area contributed by atoms with E-state index in [2.05, 4.69) is 24.5 Å². The van der Waals surface area contributed by atoms with Crippen molar-refractivity contribution in [3.05, 3.63) is 58.1 Å². The van der Waals surface area contributed by atoms with Crippen molar-refractivity contribution in [2.24, 2.45) is 5.92 Å². The van der Waals surface area contributed by atoms with E-state index in [1.807, 2.05) is 24.3 Å². The molecule has 0 unspecified atom stereocenters. The van der Waals surface area contributed by atoms with E-state index in [1.54, 1.807) is 12.1 Å². The normalized spacial score (nSPS) is 10.4. The molecule has 0 aliphatic carbocycles. The second kappa shape index (κ2) is 9.04. The fraction of sp³-hybridized carbons (Fsp3) is 0.222. The van der Waals surface area contributed by atoms with Gasteiger partial charge in [0.05, 0.1) is 17.2 Å². The number of carbonyl (C=O) groups excluding carboxylic acids is 1. The van der Waals surface area contributed by atoms with E-state index < -0.39 is 5.91 Å². The fourth-order valence-electron chi connectivity index (χ4n) is 1.90. The number of thiocarbonyl (C=S) groups is 1. The van der Waals surface area contributed by atoms with Crippen molar-refractivity contribution in [1.82, 2.24) is 5.32 Å². The van der Waals surface area contributed by atoms with Gasteiger partial charge in [0.2, 0.25) is 0 Å². The van der Waals surface area contributed by atoms with Gasteiger partial charge in [-0.15, -0.1) is 0 Å². The van der Waals surface area contributed by atoms with Crippen LogP contribution in [0.3, 0.4) is 0 Å². The molecule has 25 heavy (non-hydrogen) atoms. The van der Waals surface area contributed by atoms with Gasteiger partial charge in [-0.25, -0.2) is 0 Å². The highest BCUT2D eigenvalue weighted by Gasteiger charge is 2.12. The van der Waals surface area contributed by atoms with Crippen LogP contribution >= 0.6 is 35.4 Å². The van der Waals surface area contributed by atoms with E-state index in [9.17, 15) is 4.79 Å². The molecule has 0 radical (unpaired) electrons. The topological polar surface area (TPSA) is 50.4 Å². The van der Waals surface area contributed by atoms with E-state index in [-0.39, 0.29) is 10.1 Å². The van der Waals surface area contributed by atoms with Crippen LogP contribution in [0.4, 0.5) is 5.69 Å². The lowest BCUT2D eigenvalue weighted by molar-refractivity contribution is 0.0978. The van der Waals surface area contributed by atoms with Crippen LogP contribution in [-0.4, -0.2) is 17.6 Å². The highest BCUT2D eigenvalue weighted by atomic mass is 35.5. The standard InChI is InChI=1S/C18H18Cl2N2O2S/c1-11(2)10-24-14-6-4-13(5-7-14)21-18(25)22-17(23)15-8-3-12(19)9-16(15)20/h3-9,11H,10H2,1-2H3,(H2,21,22,23,25). The van der Waals surface area contributed by atoms with E-state index >= 15 is 0 Å². The van der Waals surface area contributed by atoms with E-state index in [0.717, 1.165) is 11.4 Å². The van der Waals surface area contributed by atoms with Crippen LogP contribution in [0.2, 0.25) is 10.0 Å². The monoisotopic (exact) mass is 396 g/mol. The zero-order valence-corrected chi connectivity index (χ0v) is 16.1. The molecule has 2 rings (SSSR count). The molecule has 0 fully saturated rings. The van der Waals surface area contributed by atoms with Crippen LogP contribution in [0.5, 0.6) is 5.75 Å². The molecule has 0 spiro atoms. The third-order valence-electron chi connectivity index (χ3n) is 3.10. The second-order valence-electron chi connectivity index (χ2n) is 5.76. The minimum Gasteiger partial charge on any atom is -0.493 e. The summed E-state index contributed by atoms with van der Waals surface area (Å²) in [7, 11) is 0. The van der Waals surface area contributed by atoms with Crippen molar-refractivity contribution in [3.63, 3.8) is 0 Å². The molecule has 0 heterocycles. The number of ether oxygens (including phenoxy) is 1. The third kappa shape index (κ3) is 6.20. The first kappa shape index (κ1) is 19.5. The lowest BCUT2D eigenvalue weighted by Crippen LogP contribution is -2.34. The maximum absolute atomic E-state index is 12.2. The highest BCUT2D eigenvalue weighted by Crippen LogP contribution is 2.21. The van der Waals surface area contributed by atoms with Gasteiger partial charge in [-0.05, 0) is 60.6 Å². The number of hydrogen-bond acceptors (Lipinski definition) is 3. The average molecular weight is 397 g/mol. The van der Waals surface area contributed by atoms with Crippen molar-refractivity contribution < 1.29 is 9.53 Å². The predicted octanol–water partition coefficient (Wildman–Crippen LogP) is 5.16. The Morgan fingerprint density at radius 2 is 1.84 bits per heavy atom. The molecular formula is C18H18Cl2N2O2S. The summed E-state index contributed by atoms with van der Waals surface area (Å²) in [5, 5.41) is 6.42. The van der Waals surface area contributed by atoms with Crippen LogP contribution in [0, 0.1) is 5.92 Å². The number of nitrogens with one attached hydrogen (secondary N) is 2. The highest BCUT2D eigenvalue weighted by molar-refractivity contribution is 7.80. The van der Waals surface area contributed by atoms with Crippen LogP contribution in [0.25, 0.3) is 0 Å². The first-order valence-electron chi connectivity index (χ1n) is 7.65. The minimum atomic E-state index is -0.406. The Morgan fingerprint density at radius 1 is 1.16 bits per heavy atom. The molecular weight excluding hydrogens is 379 g/mol. The maximum atomic E-state index is 12.2. The largest absolute Gasteiger partial charge is 0.493 e. The molecule has 0 saturated carbocycles. The Balaban J connectivity index is 1.92. The second-order valence-corrected chi connectivity index (χ2v) is 7.01. The number of rotatable bonds is 5. The molecule has 1 amide bonds. The molecule has 2 aromatic rings. The molecule has 4 nitrogen and oxygen atoms in total. The van der Waals surface area contributed by atoms with Crippen molar-refractivity contribution in [2.45, 2.75) is 13.8 Å². The number of halogens is 2. The molecule has 0 aliphatic heterocycles. The van der Waals surface area contributed by atoms with E-state index in [1.165, 1.54) is 6.07 Å². The number of carbonyl (C=O) groups is 1. The molecule has 0 aliphatic rings. The zero-order valence-electron chi connectivity index (χ0n) is 13.8. The summed E-state index contributed by atoms with van der Waals surface area (Å²) in [5.41, 5.74) is 1.04. The van der Waals surface area contributed by atoms with Gasteiger partial charge in [0.15, 0.2) is 5.11 Å². The van der Waals surface area contributed by atoms with Crippen LogP contribution in [-0.2, 0) is 0 Å². The lowest BCUT2D eigenvalue weighted by atomic mass is 10.2. The van der Waals surface area contributed by atoms with Gasteiger partial charge in [-0.2, -0.15) is 0 Å². The summed E-state index contributed by atoms with van der Waals surface area (Å²) in [5.74, 6) is 0.832.